The first-order valence-electron chi connectivity index (χ1n) is 6.05. The van der Waals surface area contributed by atoms with Gasteiger partial charge in [0.1, 0.15) is 6.61 Å². The van der Waals surface area contributed by atoms with Gasteiger partial charge in [-0.05, 0) is 19.1 Å². The van der Waals surface area contributed by atoms with Crippen molar-refractivity contribution < 1.29 is 4.74 Å². The van der Waals surface area contributed by atoms with Gasteiger partial charge in [0.25, 0.3) is 0 Å². The zero-order chi connectivity index (χ0) is 13.2. The maximum absolute atomic E-state index is 5.04. The number of hydrogen-bond donors (Lipinski definition) is 1. The second kappa shape index (κ2) is 4.78. The van der Waals surface area contributed by atoms with Crippen LogP contribution in [-0.2, 0) is 11.3 Å². The highest BCUT2D eigenvalue weighted by molar-refractivity contribution is 5.92. The van der Waals surface area contributed by atoms with Crippen LogP contribution in [-0.4, -0.2) is 27.3 Å². The Morgan fingerprint density at radius 1 is 1.21 bits per heavy atom. The second-order valence-electron chi connectivity index (χ2n) is 4.37. The average Bonchev–Trinajstić information content (AvgIpc) is 2.86. The van der Waals surface area contributed by atoms with Crippen molar-refractivity contribution in [3.05, 3.63) is 41.9 Å². The number of nitrogens with one attached hydrogen (secondary N) is 1. The van der Waals surface area contributed by atoms with E-state index >= 15 is 0 Å². The van der Waals surface area contributed by atoms with Gasteiger partial charge in [0, 0.05) is 23.8 Å². The van der Waals surface area contributed by atoms with Crippen LogP contribution in [0.3, 0.4) is 0 Å². The summed E-state index contributed by atoms with van der Waals surface area (Å²) in [4.78, 5) is 8.96. The number of H-pyrrole nitrogens is 1. The molecule has 0 saturated carbocycles. The normalized spacial score (nSPS) is 11.1. The molecular formula is C14H14N4O. The number of aryl methyl sites for hydroxylation is 1. The van der Waals surface area contributed by atoms with E-state index in [1.807, 2.05) is 37.3 Å². The van der Waals surface area contributed by atoms with Gasteiger partial charge in [0.2, 0.25) is 0 Å². The van der Waals surface area contributed by atoms with Crippen LogP contribution in [0, 0.1) is 6.92 Å². The van der Waals surface area contributed by atoms with E-state index in [9.17, 15) is 0 Å². The van der Waals surface area contributed by atoms with Gasteiger partial charge >= 0.3 is 0 Å². The third kappa shape index (κ3) is 2.20. The van der Waals surface area contributed by atoms with Crippen LogP contribution in [0.5, 0.6) is 0 Å². The maximum atomic E-state index is 5.04. The summed E-state index contributed by atoms with van der Waals surface area (Å²) in [5.74, 6) is 1.39. The zero-order valence-electron chi connectivity index (χ0n) is 10.8. The second-order valence-corrected chi connectivity index (χ2v) is 4.37. The summed E-state index contributed by atoms with van der Waals surface area (Å²) < 4.78 is 5.04. The van der Waals surface area contributed by atoms with E-state index in [0.717, 1.165) is 28.0 Å². The van der Waals surface area contributed by atoms with Gasteiger partial charge in [0.05, 0.1) is 5.52 Å². The lowest BCUT2D eigenvalue weighted by molar-refractivity contribution is 0.178. The molecule has 5 heteroatoms. The van der Waals surface area contributed by atoms with Gasteiger partial charge in [-0.25, -0.2) is 4.98 Å². The van der Waals surface area contributed by atoms with Crippen LogP contribution < -0.4 is 0 Å². The van der Waals surface area contributed by atoms with Gasteiger partial charge in [-0.3, -0.25) is 10.1 Å². The van der Waals surface area contributed by atoms with Crippen molar-refractivity contribution >= 4 is 10.9 Å². The predicted octanol–water partition coefficient (Wildman–Crippen LogP) is 2.47. The summed E-state index contributed by atoms with van der Waals surface area (Å²) in [5, 5.41) is 8.19. The molecule has 0 saturated heterocycles. The van der Waals surface area contributed by atoms with E-state index in [1.165, 1.54) is 0 Å². The summed E-state index contributed by atoms with van der Waals surface area (Å²) in [7, 11) is 1.63. The summed E-state index contributed by atoms with van der Waals surface area (Å²) in [5.41, 5.74) is 2.89. The van der Waals surface area contributed by atoms with Crippen molar-refractivity contribution in [3.63, 3.8) is 0 Å². The molecule has 0 aliphatic carbocycles. The van der Waals surface area contributed by atoms with E-state index in [0.29, 0.717) is 12.4 Å². The number of para-hydroxylation sites is 1. The van der Waals surface area contributed by atoms with Crippen molar-refractivity contribution in [1.82, 2.24) is 20.2 Å². The summed E-state index contributed by atoms with van der Waals surface area (Å²) in [6.45, 7) is 2.40. The van der Waals surface area contributed by atoms with Crippen LogP contribution in [0.25, 0.3) is 22.3 Å². The number of aromatic amines is 1. The highest BCUT2D eigenvalue weighted by Gasteiger charge is 2.11. The fourth-order valence-corrected chi connectivity index (χ4v) is 2.11. The first-order valence-corrected chi connectivity index (χ1v) is 6.05. The first kappa shape index (κ1) is 11.8. The standard InChI is InChI=1S/C14H14N4O/c1-9-7-11(10-5-3-4-6-12(10)15-9)14-16-13(8-19-2)17-18-14/h3-7H,8H2,1-2H3,(H,16,17,18). The molecule has 96 valence electrons. The van der Waals surface area contributed by atoms with Crippen LogP contribution in [0.4, 0.5) is 0 Å². The number of aromatic nitrogens is 4. The van der Waals surface area contributed by atoms with Crippen molar-refractivity contribution in [1.29, 1.82) is 0 Å². The molecule has 5 nitrogen and oxygen atoms in total. The van der Waals surface area contributed by atoms with Crippen molar-refractivity contribution in [3.8, 4) is 11.4 Å². The molecule has 0 fully saturated rings. The number of fused-ring (bicyclic) bond motifs is 1. The molecule has 2 heterocycles. The minimum atomic E-state index is 0.426. The van der Waals surface area contributed by atoms with Crippen molar-refractivity contribution in [2.24, 2.45) is 0 Å². The summed E-state index contributed by atoms with van der Waals surface area (Å²) in [6, 6.07) is 10.00. The van der Waals surface area contributed by atoms with Crippen LogP contribution >= 0.6 is 0 Å². The highest BCUT2D eigenvalue weighted by atomic mass is 16.5. The Morgan fingerprint density at radius 3 is 2.89 bits per heavy atom. The van der Waals surface area contributed by atoms with Gasteiger partial charge < -0.3 is 4.74 Å². The number of pyridine rings is 1. The van der Waals surface area contributed by atoms with Crippen LogP contribution in [0.1, 0.15) is 11.5 Å². The van der Waals surface area contributed by atoms with Gasteiger partial charge in [-0.15, -0.1) is 0 Å². The largest absolute Gasteiger partial charge is 0.377 e. The molecule has 3 rings (SSSR count). The highest BCUT2D eigenvalue weighted by Crippen LogP contribution is 2.25. The molecule has 0 bridgehead atoms. The lowest BCUT2D eigenvalue weighted by atomic mass is 10.1. The molecular weight excluding hydrogens is 240 g/mol. The van der Waals surface area contributed by atoms with E-state index in [2.05, 4.69) is 20.2 Å². The molecule has 0 aliphatic heterocycles. The van der Waals surface area contributed by atoms with Crippen LogP contribution in [0.15, 0.2) is 30.3 Å². The number of methoxy groups -OCH3 is 1. The van der Waals surface area contributed by atoms with Crippen molar-refractivity contribution in [2.45, 2.75) is 13.5 Å². The molecule has 3 aromatic rings. The monoisotopic (exact) mass is 254 g/mol. The first-order chi connectivity index (χ1) is 9.28. The third-order valence-corrected chi connectivity index (χ3v) is 2.90. The third-order valence-electron chi connectivity index (χ3n) is 2.90. The van der Waals surface area contributed by atoms with E-state index in [-0.39, 0.29) is 0 Å². The maximum Gasteiger partial charge on any atom is 0.181 e. The quantitative estimate of drug-likeness (QED) is 0.779. The Balaban J connectivity index is 2.17. The fraction of sp³-hybridized carbons (Fsp3) is 0.214. The minimum Gasteiger partial charge on any atom is -0.377 e. The topological polar surface area (TPSA) is 63.7 Å². The minimum absolute atomic E-state index is 0.426. The molecule has 1 aromatic carbocycles. The fourth-order valence-electron chi connectivity index (χ4n) is 2.11. The smallest absolute Gasteiger partial charge is 0.181 e. The van der Waals surface area contributed by atoms with E-state index in [4.69, 9.17) is 4.74 Å². The number of nitrogens with zero attached hydrogens (tertiary/aromatic N) is 3. The van der Waals surface area contributed by atoms with E-state index in [1.54, 1.807) is 7.11 Å². The molecule has 0 amide bonds. The molecule has 0 unspecified atom stereocenters. The molecule has 0 radical (unpaired) electrons. The molecule has 0 spiro atoms. The average molecular weight is 254 g/mol. The SMILES string of the molecule is COCc1nc(-c2cc(C)nc3ccccc23)n[nH]1. The van der Waals surface area contributed by atoms with Gasteiger partial charge in [-0.2, -0.15) is 5.10 Å². The Hall–Kier alpha value is -2.27. The molecule has 1 N–H and O–H groups in total. The van der Waals surface area contributed by atoms with Crippen molar-refractivity contribution in [2.75, 3.05) is 7.11 Å². The van der Waals surface area contributed by atoms with Crippen LogP contribution in [0.2, 0.25) is 0 Å². The molecule has 0 aliphatic rings. The Morgan fingerprint density at radius 2 is 2.05 bits per heavy atom. The van der Waals surface area contributed by atoms with E-state index < -0.39 is 0 Å². The lowest BCUT2D eigenvalue weighted by Crippen LogP contribution is -1.91. The number of benzene rings is 1. The summed E-state index contributed by atoms with van der Waals surface area (Å²) in [6.07, 6.45) is 0. The molecule has 0 atom stereocenters. The number of hydrogen-bond acceptors (Lipinski definition) is 4. The Bertz CT molecular complexity index is 720. The van der Waals surface area contributed by atoms with Gasteiger partial charge in [0.15, 0.2) is 11.6 Å². The Kier molecular flexibility index (Phi) is 2.97. The zero-order valence-corrected chi connectivity index (χ0v) is 10.8. The van der Waals surface area contributed by atoms with Gasteiger partial charge in [-0.1, -0.05) is 18.2 Å². The number of ether oxygens (including phenoxy) is 1. The lowest BCUT2D eigenvalue weighted by Gasteiger charge is -2.04. The number of rotatable bonds is 3. The molecule has 19 heavy (non-hydrogen) atoms. The molecule has 2 aromatic heterocycles. The summed E-state index contributed by atoms with van der Waals surface area (Å²) >= 11 is 0. The predicted molar refractivity (Wildman–Crippen MR) is 72.6 cm³/mol. The Labute approximate surface area is 110 Å².